The van der Waals surface area contributed by atoms with Gasteiger partial charge in [-0.3, -0.25) is 0 Å². The lowest BCUT2D eigenvalue weighted by molar-refractivity contribution is 0.176. The van der Waals surface area contributed by atoms with Crippen molar-refractivity contribution in [3.63, 3.8) is 0 Å². The molecule has 2 aromatic heterocycles. The second-order valence-corrected chi connectivity index (χ2v) is 4.10. The van der Waals surface area contributed by atoms with Crippen LogP contribution in [0, 0.1) is 22.7 Å². The number of aromatic nitrogens is 4. The van der Waals surface area contributed by atoms with Gasteiger partial charge in [0, 0.05) is 14.1 Å². The molecule has 0 saturated carbocycles. The zero-order valence-corrected chi connectivity index (χ0v) is 12.0. The fraction of sp³-hybridized carbons (Fsp3) is 0.167. The number of carbonyl (C=O) groups is 2. The van der Waals surface area contributed by atoms with E-state index in [-0.39, 0.29) is 22.9 Å². The lowest BCUT2D eigenvalue weighted by Crippen LogP contribution is -2.36. The van der Waals surface area contributed by atoms with Crippen LogP contribution in [-0.2, 0) is 14.1 Å². The molecule has 2 rings (SSSR count). The van der Waals surface area contributed by atoms with Crippen LogP contribution in [0.2, 0.25) is 0 Å². The quantitative estimate of drug-likeness (QED) is 0.825. The number of nitrogens with one attached hydrogen (secondary N) is 1. The maximum atomic E-state index is 11.6. The molecular weight excluding hydrogens is 306 g/mol. The van der Waals surface area contributed by atoms with E-state index in [9.17, 15) is 9.59 Å². The molecule has 0 unspecified atom stereocenters. The van der Waals surface area contributed by atoms with Crippen molar-refractivity contribution in [3.8, 4) is 23.9 Å². The summed E-state index contributed by atoms with van der Waals surface area (Å²) in [6, 6.07) is 3.56. The van der Waals surface area contributed by atoms with Crippen LogP contribution in [-0.4, -0.2) is 31.7 Å². The zero-order chi connectivity index (χ0) is 17.0. The molecule has 0 spiro atoms. The average Bonchev–Trinajstić information content (AvgIpc) is 3.03. The minimum absolute atomic E-state index is 0.0226. The van der Waals surface area contributed by atoms with E-state index in [0.29, 0.717) is 0 Å². The Morgan fingerprint density at radius 1 is 1.00 bits per heavy atom. The van der Waals surface area contributed by atoms with Crippen LogP contribution in [0.3, 0.4) is 0 Å². The minimum atomic E-state index is -1.17. The number of nitrogens with zero attached hydrogens (tertiary/aromatic N) is 6. The predicted octanol–water partition coefficient (Wildman–Crippen LogP) is 0.184. The summed E-state index contributed by atoms with van der Waals surface area (Å²) < 4.78 is 11.9. The van der Waals surface area contributed by atoms with E-state index < -0.39 is 12.2 Å². The number of carbonyl (C=O) groups excluding carboxylic acids is 2. The maximum absolute atomic E-state index is 11.6. The van der Waals surface area contributed by atoms with Crippen molar-refractivity contribution in [1.82, 2.24) is 24.9 Å². The summed E-state index contributed by atoms with van der Waals surface area (Å²) in [5.74, 6) is -0.257. The molecule has 11 nitrogen and oxygen atoms in total. The van der Waals surface area contributed by atoms with Gasteiger partial charge in [0.05, 0.1) is 12.4 Å². The largest absolute Gasteiger partial charge is 0.423 e. The fourth-order valence-electron chi connectivity index (χ4n) is 1.56. The van der Waals surface area contributed by atoms with Crippen LogP contribution in [0.25, 0.3) is 0 Å². The summed E-state index contributed by atoms with van der Waals surface area (Å²) in [7, 11) is 2.91. The number of imide groups is 1. The molecule has 2 amide bonds. The molecule has 0 radical (unpaired) electrons. The molecule has 0 aliphatic rings. The Morgan fingerprint density at radius 3 is 1.74 bits per heavy atom. The summed E-state index contributed by atoms with van der Waals surface area (Å²) in [4.78, 5) is 23.3. The lowest BCUT2D eigenvalue weighted by atomic mass is 10.4. The van der Waals surface area contributed by atoms with Gasteiger partial charge in [-0.1, -0.05) is 0 Å². The van der Waals surface area contributed by atoms with Gasteiger partial charge in [-0.2, -0.15) is 20.7 Å². The van der Waals surface area contributed by atoms with Gasteiger partial charge in [-0.25, -0.2) is 24.3 Å². The highest BCUT2D eigenvalue weighted by molar-refractivity contribution is 5.89. The second kappa shape index (κ2) is 6.28. The van der Waals surface area contributed by atoms with E-state index in [4.69, 9.17) is 20.0 Å². The van der Waals surface area contributed by atoms with E-state index in [1.54, 1.807) is 17.5 Å². The third-order valence-corrected chi connectivity index (χ3v) is 2.59. The van der Waals surface area contributed by atoms with E-state index >= 15 is 0 Å². The van der Waals surface area contributed by atoms with Crippen molar-refractivity contribution < 1.29 is 19.1 Å². The van der Waals surface area contributed by atoms with Gasteiger partial charge in [0.15, 0.2) is 0 Å². The van der Waals surface area contributed by atoms with Gasteiger partial charge in [0.1, 0.15) is 23.3 Å². The van der Waals surface area contributed by atoms with Crippen molar-refractivity contribution in [3.05, 3.63) is 23.5 Å². The molecule has 1 N–H and O–H groups in total. The normalized spacial score (nSPS) is 9.57. The Kier molecular flexibility index (Phi) is 4.24. The van der Waals surface area contributed by atoms with Crippen molar-refractivity contribution in [2.75, 3.05) is 0 Å². The minimum Gasteiger partial charge on any atom is -0.390 e. The van der Waals surface area contributed by atoms with Gasteiger partial charge >= 0.3 is 12.2 Å². The molecule has 0 aliphatic carbocycles. The molecule has 2 heterocycles. The molecule has 23 heavy (non-hydrogen) atoms. The first-order chi connectivity index (χ1) is 11.0. The highest BCUT2D eigenvalue weighted by Gasteiger charge is 2.19. The molecule has 0 aromatic carbocycles. The second-order valence-electron chi connectivity index (χ2n) is 4.10. The third kappa shape index (κ3) is 3.25. The van der Waals surface area contributed by atoms with E-state index in [0.717, 1.165) is 9.36 Å². The Morgan fingerprint density at radius 2 is 1.39 bits per heavy atom. The van der Waals surface area contributed by atoms with E-state index in [1.165, 1.54) is 26.5 Å². The van der Waals surface area contributed by atoms with Crippen molar-refractivity contribution in [2.45, 2.75) is 0 Å². The van der Waals surface area contributed by atoms with Gasteiger partial charge in [-0.05, 0) is 0 Å². The van der Waals surface area contributed by atoms with Crippen molar-refractivity contribution in [2.24, 2.45) is 14.1 Å². The van der Waals surface area contributed by atoms with Crippen LogP contribution in [0.1, 0.15) is 11.1 Å². The van der Waals surface area contributed by atoms with Gasteiger partial charge in [0.25, 0.3) is 0 Å². The Balaban J connectivity index is 2.02. The maximum Gasteiger partial charge on any atom is 0.423 e. The van der Waals surface area contributed by atoms with Crippen molar-refractivity contribution in [1.29, 1.82) is 10.5 Å². The molecule has 0 bridgehead atoms. The third-order valence-electron chi connectivity index (χ3n) is 2.59. The smallest absolute Gasteiger partial charge is 0.390 e. The number of hydrogen-bond donors (Lipinski definition) is 1. The number of amides is 2. The Hall–Kier alpha value is -3.86. The fourth-order valence-corrected chi connectivity index (χ4v) is 1.56. The first kappa shape index (κ1) is 15.5. The summed E-state index contributed by atoms with van der Waals surface area (Å²) in [5.41, 5.74) is 0.0452. The van der Waals surface area contributed by atoms with E-state index in [1.807, 2.05) is 0 Å². The molecule has 11 heteroatoms. The highest BCUT2D eigenvalue weighted by atomic mass is 16.6. The monoisotopic (exact) mass is 315 g/mol. The molecule has 0 aliphatic heterocycles. The van der Waals surface area contributed by atoms with Gasteiger partial charge in [0.2, 0.25) is 11.8 Å². The van der Waals surface area contributed by atoms with Gasteiger partial charge < -0.3 is 9.47 Å². The number of aryl methyl sites for hydroxylation is 2. The molecule has 2 aromatic rings. The summed E-state index contributed by atoms with van der Waals surface area (Å²) in [5, 5.41) is 26.9. The van der Waals surface area contributed by atoms with Crippen LogP contribution in [0.4, 0.5) is 9.59 Å². The molecule has 0 saturated heterocycles. The standard InChI is InChI=1S/C12H9N7O4/c1-18-9(7(3-13)5-15-18)22-11(20)17-12(21)23-10-8(4-14)6-16-19(10)2/h5-6H,1-2H3,(H,17,20,21). The molecular formula is C12H9N7O4. The first-order valence-corrected chi connectivity index (χ1v) is 6.01. The average molecular weight is 315 g/mol. The molecule has 0 fully saturated rings. The topological polar surface area (TPSA) is 148 Å². The lowest BCUT2D eigenvalue weighted by Gasteiger charge is -2.07. The summed E-state index contributed by atoms with van der Waals surface area (Å²) in [6.45, 7) is 0. The SMILES string of the molecule is Cn1ncc(C#N)c1OC(=O)NC(=O)Oc1c(C#N)cnn1C. The van der Waals surface area contributed by atoms with Crippen LogP contribution in [0.5, 0.6) is 11.8 Å². The zero-order valence-electron chi connectivity index (χ0n) is 12.0. The van der Waals surface area contributed by atoms with Crippen LogP contribution in [0.15, 0.2) is 12.4 Å². The Labute approximate surface area is 129 Å². The summed E-state index contributed by atoms with van der Waals surface area (Å²) in [6.07, 6.45) is 0.0671. The number of ether oxygens (including phenoxy) is 2. The summed E-state index contributed by atoms with van der Waals surface area (Å²) >= 11 is 0. The number of hydrogen-bond acceptors (Lipinski definition) is 8. The number of rotatable bonds is 2. The number of nitriles is 2. The van der Waals surface area contributed by atoms with Gasteiger partial charge in [-0.15, -0.1) is 0 Å². The Bertz CT molecular complexity index is 782. The molecule has 0 atom stereocenters. The predicted molar refractivity (Wildman–Crippen MR) is 71.0 cm³/mol. The van der Waals surface area contributed by atoms with Crippen molar-refractivity contribution >= 4 is 12.2 Å². The highest BCUT2D eigenvalue weighted by Crippen LogP contribution is 2.17. The first-order valence-electron chi connectivity index (χ1n) is 6.01. The van der Waals surface area contributed by atoms with Crippen LogP contribution >= 0.6 is 0 Å². The van der Waals surface area contributed by atoms with Crippen LogP contribution < -0.4 is 14.8 Å². The van der Waals surface area contributed by atoms with E-state index in [2.05, 4.69) is 10.2 Å². The molecule has 116 valence electrons.